The second-order valence-electron chi connectivity index (χ2n) is 4.66. The monoisotopic (exact) mass is 302 g/mol. The molecule has 0 bridgehead atoms. The zero-order valence-electron chi connectivity index (χ0n) is 12.1. The fourth-order valence-corrected chi connectivity index (χ4v) is 2.91. The summed E-state index contributed by atoms with van der Waals surface area (Å²) in [5.74, 6) is -0.133. The number of carboxylic acid groups (broad SMARTS) is 1. The zero-order valence-corrected chi connectivity index (χ0v) is 12.9. The number of ether oxygens (including phenoxy) is 1. The molecular weight excluding hydrogens is 284 g/mol. The van der Waals surface area contributed by atoms with Crippen LogP contribution in [0.25, 0.3) is 0 Å². The molecule has 4 heteroatoms. The van der Waals surface area contributed by atoms with Crippen LogP contribution in [0, 0.1) is 0 Å². The molecule has 110 valence electrons. The van der Waals surface area contributed by atoms with E-state index in [1.54, 1.807) is 24.9 Å². The molecule has 0 radical (unpaired) electrons. The van der Waals surface area contributed by atoms with Gasteiger partial charge in [-0.1, -0.05) is 36.9 Å². The zero-order chi connectivity index (χ0) is 15.2. The van der Waals surface area contributed by atoms with Gasteiger partial charge in [-0.3, -0.25) is 4.79 Å². The lowest BCUT2D eigenvalue weighted by Gasteiger charge is -2.10. The van der Waals surface area contributed by atoms with E-state index in [2.05, 4.69) is 31.2 Å². The van der Waals surface area contributed by atoms with Crippen molar-refractivity contribution >= 4 is 17.7 Å². The van der Waals surface area contributed by atoms with Gasteiger partial charge in [0.2, 0.25) is 0 Å². The number of hydrogen-bond donors (Lipinski definition) is 1. The van der Waals surface area contributed by atoms with E-state index in [-0.39, 0.29) is 6.42 Å². The maximum Gasteiger partial charge on any atom is 0.307 e. The lowest BCUT2D eigenvalue weighted by Crippen LogP contribution is -2.00. The number of hydrogen-bond acceptors (Lipinski definition) is 3. The largest absolute Gasteiger partial charge is 0.496 e. The molecule has 0 atom stereocenters. The molecule has 2 aromatic carbocycles. The van der Waals surface area contributed by atoms with Crippen molar-refractivity contribution in [3.05, 3.63) is 53.6 Å². The summed E-state index contributed by atoms with van der Waals surface area (Å²) in [5.41, 5.74) is 2.05. The quantitative estimate of drug-likeness (QED) is 0.875. The number of methoxy groups -OCH3 is 1. The van der Waals surface area contributed by atoms with E-state index in [9.17, 15) is 4.79 Å². The Kier molecular flexibility index (Phi) is 5.28. The van der Waals surface area contributed by atoms with E-state index in [1.807, 2.05) is 12.1 Å². The van der Waals surface area contributed by atoms with Gasteiger partial charge in [0, 0.05) is 4.90 Å². The minimum atomic E-state index is -0.840. The molecule has 0 heterocycles. The van der Waals surface area contributed by atoms with Gasteiger partial charge in [-0.15, -0.1) is 0 Å². The molecule has 0 aliphatic carbocycles. The van der Waals surface area contributed by atoms with Gasteiger partial charge in [0.1, 0.15) is 5.75 Å². The highest BCUT2D eigenvalue weighted by Gasteiger charge is 2.08. The molecule has 0 spiro atoms. The number of aliphatic carboxylic acids is 1. The third-order valence-electron chi connectivity index (χ3n) is 3.14. The first-order chi connectivity index (χ1) is 10.1. The van der Waals surface area contributed by atoms with Crippen LogP contribution in [-0.4, -0.2) is 18.2 Å². The maximum absolute atomic E-state index is 10.8. The van der Waals surface area contributed by atoms with Crippen molar-refractivity contribution in [2.45, 2.75) is 29.6 Å². The van der Waals surface area contributed by atoms with E-state index in [4.69, 9.17) is 9.84 Å². The summed E-state index contributed by atoms with van der Waals surface area (Å²) in [6.45, 7) is 2.13. The fourth-order valence-electron chi connectivity index (χ4n) is 2.00. The maximum atomic E-state index is 10.8. The van der Waals surface area contributed by atoms with Gasteiger partial charge in [-0.2, -0.15) is 0 Å². The molecule has 2 rings (SSSR count). The fraction of sp³-hybridized carbons (Fsp3) is 0.235. The molecule has 0 aromatic heterocycles. The van der Waals surface area contributed by atoms with E-state index in [0.29, 0.717) is 5.75 Å². The first-order valence-corrected chi connectivity index (χ1v) is 7.59. The van der Waals surface area contributed by atoms with Crippen molar-refractivity contribution in [1.82, 2.24) is 0 Å². The molecule has 0 fully saturated rings. The summed E-state index contributed by atoms with van der Waals surface area (Å²) in [6.07, 6.45) is 1.03. The van der Waals surface area contributed by atoms with Crippen LogP contribution < -0.4 is 4.74 Å². The molecule has 0 aliphatic heterocycles. The van der Waals surface area contributed by atoms with Gasteiger partial charge in [0.05, 0.1) is 18.4 Å². The molecule has 0 amide bonds. The molecule has 1 N–H and O–H groups in total. The molecule has 0 saturated heterocycles. The normalized spacial score (nSPS) is 10.4. The van der Waals surface area contributed by atoms with Gasteiger partial charge >= 0.3 is 5.97 Å². The lowest BCUT2D eigenvalue weighted by atomic mass is 10.1. The van der Waals surface area contributed by atoms with Crippen LogP contribution in [0.1, 0.15) is 18.1 Å². The van der Waals surface area contributed by atoms with Crippen molar-refractivity contribution < 1.29 is 14.6 Å². The topological polar surface area (TPSA) is 46.5 Å². The Hall–Kier alpha value is -1.94. The molecule has 0 saturated carbocycles. The number of rotatable bonds is 6. The number of carboxylic acids is 1. The van der Waals surface area contributed by atoms with Gasteiger partial charge in [-0.05, 0) is 41.8 Å². The van der Waals surface area contributed by atoms with E-state index < -0.39 is 5.97 Å². The minimum absolute atomic E-state index is 0.00645. The minimum Gasteiger partial charge on any atom is -0.496 e. The van der Waals surface area contributed by atoms with E-state index in [0.717, 1.165) is 21.8 Å². The first kappa shape index (κ1) is 15.4. The summed E-state index contributed by atoms with van der Waals surface area (Å²) in [5, 5.41) is 8.84. The Labute approximate surface area is 129 Å². The summed E-state index contributed by atoms with van der Waals surface area (Å²) in [7, 11) is 1.60. The summed E-state index contributed by atoms with van der Waals surface area (Å²) in [6, 6.07) is 14.0. The molecule has 0 unspecified atom stereocenters. The molecular formula is C17H18O3S. The van der Waals surface area contributed by atoms with Crippen LogP contribution in [0.5, 0.6) is 5.75 Å². The summed E-state index contributed by atoms with van der Waals surface area (Å²) < 4.78 is 5.37. The standard InChI is InChI=1S/C17H18O3S/c1-3-12-4-7-14(8-5-12)21-16-9-6-13(11-17(18)19)10-15(16)20-2/h4-10H,3,11H2,1-2H3,(H,18,19). The van der Waals surface area contributed by atoms with Crippen molar-refractivity contribution in [1.29, 1.82) is 0 Å². The summed E-state index contributed by atoms with van der Waals surface area (Å²) >= 11 is 1.61. The SMILES string of the molecule is CCc1ccc(Sc2ccc(CC(=O)O)cc2OC)cc1. The Morgan fingerprint density at radius 3 is 2.38 bits per heavy atom. The smallest absolute Gasteiger partial charge is 0.307 e. The van der Waals surface area contributed by atoms with Crippen molar-refractivity contribution in [3.63, 3.8) is 0 Å². The Morgan fingerprint density at radius 1 is 1.14 bits per heavy atom. The predicted octanol–water partition coefficient (Wildman–Crippen LogP) is 4.04. The number of aryl methyl sites for hydroxylation is 1. The van der Waals surface area contributed by atoms with Crippen LogP contribution >= 0.6 is 11.8 Å². The first-order valence-electron chi connectivity index (χ1n) is 6.78. The molecule has 0 aliphatic rings. The van der Waals surface area contributed by atoms with Crippen molar-refractivity contribution in [3.8, 4) is 5.75 Å². The summed E-state index contributed by atoms with van der Waals surface area (Å²) in [4.78, 5) is 12.9. The highest BCUT2D eigenvalue weighted by Crippen LogP contribution is 2.35. The van der Waals surface area contributed by atoms with Crippen molar-refractivity contribution in [2.75, 3.05) is 7.11 Å². The van der Waals surface area contributed by atoms with Crippen LogP contribution in [0.4, 0.5) is 0 Å². The van der Waals surface area contributed by atoms with Crippen LogP contribution in [0.3, 0.4) is 0 Å². The van der Waals surface area contributed by atoms with Gasteiger partial charge < -0.3 is 9.84 Å². The molecule has 21 heavy (non-hydrogen) atoms. The average molecular weight is 302 g/mol. The van der Waals surface area contributed by atoms with Gasteiger partial charge in [-0.25, -0.2) is 0 Å². The second-order valence-corrected chi connectivity index (χ2v) is 5.77. The van der Waals surface area contributed by atoms with E-state index in [1.165, 1.54) is 5.56 Å². The van der Waals surface area contributed by atoms with Crippen LogP contribution in [0.15, 0.2) is 52.3 Å². The highest BCUT2D eigenvalue weighted by atomic mass is 32.2. The third kappa shape index (κ3) is 4.26. The Balaban J connectivity index is 2.20. The Morgan fingerprint density at radius 2 is 1.81 bits per heavy atom. The second kappa shape index (κ2) is 7.18. The Bertz CT molecular complexity index is 620. The van der Waals surface area contributed by atoms with Gasteiger partial charge in [0.25, 0.3) is 0 Å². The number of benzene rings is 2. The van der Waals surface area contributed by atoms with Crippen molar-refractivity contribution in [2.24, 2.45) is 0 Å². The third-order valence-corrected chi connectivity index (χ3v) is 4.21. The predicted molar refractivity (Wildman–Crippen MR) is 84.3 cm³/mol. The van der Waals surface area contributed by atoms with Crippen LogP contribution in [-0.2, 0) is 17.6 Å². The van der Waals surface area contributed by atoms with Crippen LogP contribution in [0.2, 0.25) is 0 Å². The highest BCUT2D eigenvalue weighted by molar-refractivity contribution is 7.99. The number of carbonyl (C=O) groups is 1. The van der Waals surface area contributed by atoms with E-state index >= 15 is 0 Å². The molecule has 3 nitrogen and oxygen atoms in total. The lowest BCUT2D eigenvalue weighted by molar-refractivity contribution is -0.136. The van der Waals surface area contributed by atoms with Gasteiger partial charge in [0.15, 0.2) is 0 Å². The molecule has 2 aromatic rings. The average Bonchev–Trinajstić information content (AvgIpc) is 2.49.